The number of ether oxygens (including phenoxy) is 1. The van der Waals surface area contributed by atoms with E-state index < -0.39 is 10.0 Å². The highest BCUT2D eigenvalue weighted by molar-refractivity contribution is 7.92. The van der Waals surface area contributed by atoms with Gasteiger partial charge in [0.15, 0.2) is 0 Å². The number of fused-ring (bicyclic) bond motifs is 2. The molecule has 2 bridgehead atoms. The number of hydrogen-bond donors (Lipinski definition) is 0. The zero-order valence-electron chi connectivity index (χ0n) is 18.2. The molecule has 3 saturated heterocycles. The van der Waals surface area contributed by atoms with E-state index in [0.717, 1.165) is 51.6 Å². The molecule has 1 aromatic carbocycles. The van der Waals surface area contributed by atoms with Crippen molar-refractivity contribution in [2.24, 2.45) is 0 Å². The Hall–Kier alpha value is -1.87. The first-order valence-corrected chi connectivity index (χ1v) is 13.1. The van der Waals surface area contributed by atoms with Crippen molar-refractivity contribution in [3.63, 3.8) is 0 Å². The Morgan fingerprint density at radius 3 is 2.16 bits per heavy atom. The molecule has 9 heteroatoms. The molecule has 0 saturated carbocycles. The first-order valence-electron chi connectivity index (χ1n) is 11.2. The minimum Gasteiger partial charge on any atom is -0.450 e. The van der Waals surface area contributed by atoms with Crippen molar-refractivity contribution in [2.75, 3.05) is 30.3 Å². The van der Waals surface area contributed by atoms with Crippen LogP contribution in [0.5, 0.6) is 0 Å². The number of halogens is 1. The van der Waals surface area contributed by atoms with E-state index in [1.807, 2.05) is 11.8 Å². The zero-order chi connectivity index (χ0) is 22.2. The second-order valence-corrected chi connectivity index (χ2v) is 10.8. The first-order chi connectivity index (χ1) is 14.8. The molecule has 1 amide bonds. The number of nitrogens with zero attached hydrogens (tertiary/aromatic N) is 3. The fourth-order valence-electron chi connectivity index (χ4n) is 5.69. The van der Waals surface area contributed by atoms with Crippen molar-refractivity contribution in [3.8, 4) is 0 Å². The second kappa shape index (κ2) is 8.94. The van der Waals surface area contributed by atoms with Crippen molar-refractivity contribution in [1.82, 2.24) is 9.80 Å². The lowest BCUT2D eigenvalue weighted by Gasteiger charge is -2.46. The van der Waals surface area contributed by atoms with Crippen molar-refractivity contribution < 1.29 is 22.3 Å². The van der Waals surface area contributed by atoms with Gasteiger partial charge in [0, 0.05) is 37.3 Å². The summed E-state index contributed by atoms with van der Waals surface area (Å²) in [5.74, 6) is -0.379. The molecule has 0 N–H and O–H groups in total. The number of anilines is 1. The molecular weight excluding hydrogens is 421 g/mol. The Labute approximate surface area is 184 Å². The average Bonchev–Trinajstić information content (AvgIpc) is 2.99. The summed E-state index contributed by atoms with van der Waals surface area (Å²) in [7, 11) is -3.47. The molecule has 0 radical (unpaired) electrons. The van der Waals surface area contributed by atoms with E-state index in [4.69, 9.17) is 4.74 Å². The van der Waals surface area contributed by atoms with Crippen molar-refractivity contribution in [3.05, 3.63) is 30.1 Å². The molecule has 4 rings (SSSR count). The summed E-state index contributed by atoms with van der Waals surface area (Å²) < 4.78 is 45.1. The maximum atomic E-state index is 13.3. The Morgan fingerprint density at radius 1 is 1.06 bits per heavy atom. The van der Waals surface area contributed by atoms with E-state index in [-0.39, 0.29) is 30.0 Å². The number of piperidine rings is 2. The summed E-state index contributed by atoms with van der Waals surface area (Å²) in [4.78, 5) is 16.7. The van der Waals surface area contributed by atoms with Crippen LogP contribution in [0.3, 0.4) is 0 Å². The van der Waals surface area contributed by atoms with Gasteiger partial charge >= 0.3 is 6.09 Å². The minimum absolute atomic E-state index is 0.131. The molecule has 2 atom stereocenters. The summed E-state index contributed by atoms with van der Waals surface area (Å²) in [6.07, 6.45) is 6.46. The van der Waals surface area contributed by atoms with Crippen LogP contribution < -0.4 is 4.31 Å². The Morgan fingerprint density at radius 2 is 1.65 bits per heavy atom. The number of carbonyl (C=O) groups is 1. The van der Waals surface area contributed by atoms with Gasteiger partial charge in [0.25, 0.3) is 0 Å². The number of hydrogen-bond acceptors (Lipinski definition) is 5. The molecule has 0 spiro atoms. The van der Waals surface area contributed by atoms with Crippen molar-refractivity contribution in [1.29, 1.82) is 0 Å². The van der Waals surface area contributed by atoms with Gasteiger partial charge in [-0.3, -0.25) is 4.31 Å². The van der Waals surface area contributed by atoms with Crippen molar-refractivity contribution in [2.45, 2.75) is 69.6 Å². The van der Waals surface area contributed by atoms with Crippen LogP contribution in [0.25, 0.3) is 0 Å². The van der Waals surface area contributed by atoms with Gasteiger partial charge in [0.2, 0.25) is 10.0 Å². The van der Waals surface area contributed by atoms with Gasteiger partial charge in [-0.15, -0.1) is 0 Å². The lowest BCUT2D eigenvalue weighted by atomic mass is 9.93. The molecule has 0 aliphatic carbocycles. The van der Waals surface area contributed by atoms with Crippen LogP contribution in [0.1, 0.15) is 45.4 Å². The topological polar surface area (TPSA) is 70.2 Å². The third-order valence-corrected chi connectivity index (χ3v) is 8.20. The van der Waals surface area contributed by atoms with Gasteiger partial charge in [0.05, 0.1) is 18.6 Å². The fourth-order valence-corrected chi connectivity index (χ4v) is 6.95. The van der Waals surface area contributed by atoms with Gasteiger partial charge in [-0.1, -0.05) is 0 Å². The number of carbonyl (C=O) groups excluding carboxylic acids is 1. The van der Waals surface area contributed by atoms with Crippen LogP contribution in [-0.2, 0) is 14.8 Å². The number of benzene rings is 1. The third kappa shape index (κ3) is 4.67. The summed E-state index contributed by atoms with van der Waals surface area (Å²) >= 11 is 0. The molecule has 3 aliphatic rings. The predicted octanol–water partition coefficient (Wildman–Crippen LogP) is 3.21. The van der Waals surface area contributed by atoms with E-state index >= 15 is 0 Å². The van der Waals surface area contributed by atoms with Gasteiger partial charge in [0.1, 0.15) is 5.82 Å². The van der Waals surface area contributed by atoms with Gasteiger partial charge in [-0.25, -0.2) is 17.6 Å². The highest BCUT2D eigenvalue weighted by Crippen LogP contribution is 2.39. The summed E-state index contributed by atoms with van der Waals surface area (Å²) in [6, 6.07) is 6.44. The third-order valence-electron chi connectivity index (χ3n) is 6.97. The normalized spacial score (nSPS) is 27.3. The number of rotatable bonds is 5. The summed E-state index contributed by atoms with van der Waals surface area (Å²) in [5.41, 5.74) is 0.517. The predicted molar refractivity (Wildman–Crippen MR) is 117 cm³/mol. The lowest BCUT2D eigenvalue weighted by Crippen LogP contribution is -2.55. The highest BCUT2D eigenvalue weighted by atomic mass is 32.2. The Balaban J connectivity index is 1.39. The Kier molecular flexibility index (Phi) is 6.44. The molecule has 3 fully saturated rings. The van der Waals surface area contributed by atoms with E-state index in [2.05, 4.69) is 4.90 Å². The molecule has 3 heterocycles. The van der Waals surface area contributed by atoms with Crippen molar-refractivity contribution >= 4 is 21.8 Å². The monoisotopic (exact) mass is 453 g/mol. The smallest absolute Gasteiger partial charge is 0.410 e. The van der Waals surface area contributed by atoms with Gasteiger partial charge in [-0.2, -0.15) is 0 Å². The van der Waals surface area contributed by atoms with Gasteiger partial charge < -0.3 is 14.5 Å². The molecule has 7 nitrogen and oxygen atoms in total. The molecular formula is C22H32FN3O4S. The van der Waals surface area contributed by atoms with Crippen LogP contribution >= 0.6 is 0 Å². The second-order valence-electron chi connectivity index (χ2n) is 8.92. The van der Waals surface area contributed by atoms with E-state index in [9.17, 15) is 17.6 Å². The quantitative estimate of drug-likeness (QED) is 0.685. The van der Waals surface area contributed by atoms with Gasteiger partial charge in [-0.05, 0) is 69.7 Å². The Bertz CT molecular complexity index is 873. The van der Waals surface area contributed by atoms with Crippen LogP contribution in [0, 0.1) is 5.82 Å². The SMILES string of the molecule is CCOC(=O)N1C2CCC1CC(N1CCC(N(c3ccc(F)cc3)S(C)(=O)=O)CC1)C2. The number of amides is 1. The average molecular weight is 454 g/mol. The van der Waals surface area contributed by atoms with Crippen LogP contribution in [0.15, 0.2) is 24.3 Å². The zero-order valence-corrected chi connectivity index (χ0v) is 19.1. The lowest BCUT2D eigenvalue weighted by molar-refractivity contribution is 0.0346. The van der Waals surface area contributed by atoms with Crippen LogP contribution in [0.2, 0.25) is 0 Å². The van der Waals surface area contributed by atoms with E-state index in [1.54, 1.807) is 0 Å². The largest absolute Gasteiger partial charge is 0.450 e. The van der Waals surface area contributed by atoms with E-state index in [1.165, 1.54) is 34.8 Å². The molecule has 172 valence electrons. The first kappa shape index (κ1) is 22.3. The molecule has 3 aliphatic heterocycles. The fraction of sp³-hybridized carbons (Fsp3) is 0.682. The standard InChI is InChI=1S/C22H32FN3O4S/c1-3-30-22(27)25-19-8-9-20(25)15-21(14-19)24-12-10-18(11-13-24)26(31(2,28)29)17-6-4-16(23)5-7-17/h4-7,18-21H,3,8-15H2,1-2H3. The molecule has 0 aromatic heterocycles. The summed E-state index contributed by atoms with van der Waals surface area (Å²) in [6.45, 7) is 3.88. The molecule has 31 heavy (non-hydrogen) atoms. The molecule has 2 unspecified atom stereocenters. The van der Waals surface area contributed by atoms with Crippen LogP contribution in [0.4, 0.5) is 14.9 Å². The highest BCUT2D eigenvalue weighted by Gasteiger charge is 2.46. The molecule has 1 aromatic rings. The van der Waals surface area contributed by atoms with E-state index in [0.29, 0.717) is 18.3 Å². The summed E-state index contributed by atoms with van der Waals surface area (Å²) in [5, 5.41) is 0. The number of sulfonamides is 1. The maximum Gasteiger partial charge on any atom is 0.410 e. The minimum atomic E-state index is -3.47. The van der Waals surface area contributed by atoms with Crippen LogP contribution in [-0.4, -0.2) is 74.4 Å². The number of likely N-dealkylation sites (tertiary alicyclic amines) is 1. The maximum absolute atomic E-state index is 13.3.